The second-order valence-corrected chi connectivity index (χ2v) is 65.7. The Morgan fingerprint density at radius 1 is 0.172 bits per heavy atom. The van der Waals surface area contributed by atoms with Gasteiger partial charge in [0.25, 0.3) is 0 Å². The molecule has 64 heavy (non-hydrogen) atoms. The summed E-state index contributed by atoms with van der Waals surface area (Å²) in [6, 6.07) is 28.9. The van der Waals surface area contributed by atoms with Gasteiger partial charge in [-0.05, 0) is 0 Å². The van der Waals surface area contributed by atoms with Gasteiger partial charge in [0.05, 0.1) is 0 Å². The van der Waals surface area contributed by atoms with E-state index in [-0.39, 0.29) is 0 Å². The molecule has 386 valence electrons. The minimum atomic E-state index is -3.26. The molecular weight excluding hydrogens is 1070 g/mol. The normalized spacial score (nSPS) is 13.8. The summed E-state index contributed by atoms with van der Waals surface area (Å²) in [6.45, 7) is 48.2. The molecule has 0 N–H and O–H groups in total. The molecule has 0 aliphatic carbocycles. The third kappa shape index (κ3) is 17.1. The third-order valence-corrected chi connectivity index (χ3v) is 99.1. The Labute approximate surface area is 424 Å². The molecule has 0 unspecified atom stereocenters. The van der Waals surface area contributed by atoms with E-state index in [1.807, 2.05) is 0 Å². The fourth-order valence-corrected chi connectivity index (χ4v) is 129. The molecule has 0 rings (SSSR count). The molecule has 0 atom stereocenters. The van der Waals surface area contributed by atoms with Gasteiger partial charge in [-0.15, -0.1) is 0 Å². The predicted octanol–water partition coefficient (Wildman–Crippen LogP) is 20.9. The Bertz CT molecular complexity index is 802. The summed E-state index contributed by atoms with van der Waals surface area (Å²) < 4.78 is 12.8. The van der Waals surface area contributed by atoms with E-state index in [2.05, 4.69) is 131 Å². The van der Waals surface area contributed by atoms with Crippen LogP contribution < -0.4 is 0 Å². The van der Waals surface area contributed by atoms with Crippen molar-refractivity contribution in [2.24, 2.45) is 0 Å². The first-order valence-electron chi connectivity index (χ1n) is 30.0. The average molecular weight is 1200 g/mol. The van der Waals surface area contributed by atoms with Gasteiger partial charge >= 0.3 is 428 Å². The predicted molar refractivity (Wildman–Crippen MR) is 318 cm³/mol. The molecule has 0 heterocycles. The van der Waals surface area contributed by atoms with Crippen molar-refractivity contribution in [1.82, 2.24) is 6.52 Å². The fraction of sp³-hybridized carbons (Fsp3) is 1.00. The van der Waals surface area contributed by atoms with Crippen LogP contribution >= 0.6 is 0 Å². The van der Waals surface area contributed by atoms with E-state index in [1.54, 1.807) is 109 Å². The monoisotopic (exact) mass is 1190 g/mol. The van der Waals surface area contributed by atoms with E-state index in [1.165, 1.54) is 116 Å². The van der Waals surface area contributed by atoms with Crippen molar-refractivity contribution >= 4 is 72.0 Å². The number of hydrogen-bond acceptors (Lipinski definition) is 3. The van der Waals surface area contributed by atoms with E-state index in [4.69, 9.17) is 0 Å². The number of rotatable bonds is 45. The van der Waals surface area contributed by atoms with E-state index in [0.29, 0.717) is 0 Å². The maximum absolute atomic E-state index is 4.28. The van der Waals surface area contributed by atoms with Gasteiger partial charge in [0.1, 0.15) is 0 Å². The number of nitrogens with zero attached hydrogens (tertiary/aromatic N) is 3. The summed E-state index contributed by atoms with van der Waals surface area (Å²) in [5.41, 5.74) is 0. The minimum absolute atomic E-state index is 1.43. The summed E-state index contributed by atoms with van der Waals surface area (Å²) >= 11 is -3.26. The first-order chi connectivity index (χ1) is 30.8. The van der Waals surface area contributed by atoms with Crippen molar-refractivity contribution in [1.29, 1.82) is 0 Å². The van der Waals surface area contributed by atoms with Gasteiger partial charge in [-0.2, -0.15) is 0 Å². The van der Waals surface area contributed by atoms with Crippen LogP contribution in [-0.4, -0.2) is 78.6 Å². The summed E-state index contributed by atoms with van der Waals surface area (Å²) in [5.74, 6) is 0. The molecule has 0 aromatic rings. The summed E-state index contributed by atoms with van der Waals surface area (Å²) in [7, 11) is -11.8. The molecule has 0 bridgehead atoms. The van der Waals surface area contributed by atoms with Crippen molar-refractivity contribution in [3.8, 4) is 0 Å². The molecule has 3 nitrogen and oxygen atoms in total. The second kappa shape index (κ2) is 36.1. The quantitative estimate of drug-likeness (QED) is 0.0563. The van der Waals surface area contributed by atoms with Gasteiger partial charge in [0.15, 0.2) is 0 Å². The van der Waals surface area contributed by atoms with Gasteiger partial charge in [-0.25, -0.2) is 0 Å². The Hall–Kier alpha value is 2.06. The zero-order chi connectivity index (χ0) is 48.8. The second-order valence-electron chi connectivity index (χ2n) is 22.0. The summed E-state index contributed by atoms with van der Waals surface area (Å²) in [5, 5.41) is 0. The summed E-state index contributed by atoms with van der Waals surface area (Å²) in [6.07, 6.45) is 25.8. The van der Waals surface area contributed by atoms with Crippen LogP contribution in [0, 0.1) is 0 Å². The first kappa shape index (κ1) is 66.1. The van der Waals surface area contributed by atoms with Crippen LogP contribution in [0.2, 0.25) is 109 Å². The molecule has 10 heteroatoms. The molecular formula is C54H126BiN3Si6. The molecule has 0 amide bonds. The van der Waals surface area contributed by atoms with Crippen molar-refractivity contribution in [3.63, 3.8) is 0 Å². The molecule has 0 aromatic carbocycles. The van der Waals surface area contributed by atoms with Crippen LogP contribution in [0.5, 0.6) is 0 Å². The van der Waals surface area contributed by atoms with E-state index < -0.39 is 72.0 Å². The van der Waals surface area contributed by atoms with Crippen LogP contribution in [-0.2, 0) is 0 Å². The molecule has 0 aromatic heterocycles. The third-order valence-electron chi connectivity index (χ3n) is 16.1. The molecule has 0 aliphatic heterocycles. The molecule has 0 spiro atoms. The Balaban J connectivity index is 11.2. The van der Waals surface area contributed by atoms with Gasteiger partial charge in [0.2, 0.25) is 0 Å². The fourth-order valence-electron chi connectivity index (χ4n) is 15.4. The van der Waals surface area contributed by atoms with Crippen LogP contribution in [0.4, 0.5) is 0 Å². The van der Waals surface area contributed by atoms with E-state index in [0.717, 1.165) is 0 Å². The topological polar surface area (TPSA) is 9.72 Å². The van der Waals surface area contributed by atoms with Crippen LogP contribution in [0.1, 0.15) is 240 Å². The van der Waals surface area contributed by atoms with Gasteiger partial charge in [-0.3, -0.25) is 0 Å². The molecule has 0 radical (unpaired) electrons. The van der Waals surface area contributed by atoms with Gasteiger partial charge in [-0.1, -0.05) is 0 Å². The van der Waals surface area contributed by atoms with E-state index >= 15 is 0 Å². The standard InChI is InChI=1S/3C18H42NSi2.Bi/c3*1-7-13-20(14-8-2,15-9-3)19-21(16-10-4,17-11-5)18-12-6;/h3*7-18H2,1-6H3;/q3*-1;+3. The molecule has 0 saturated heterocycles. The maximum atomic E-state index is 4.28. The van der Waals surface area contributed by atoms with E-state index in [9.17, 15) is 0 Å². The van der Waals surface area contributed by atoms with Gasteiger partial charge in [0, 0.05) is 0 Å². The zero-order valence-electron chi connectivity index (χ0n) is 48.2. The SMILES string of the molecule is CCC[Si](CCC)(CCC)[N]([Bi]([N]([Si](CCC)(CCC)CCC)[Si](CCC)(CCC)CCC)[N]([Si](CCC)(CCC)CCC)[Si](CCC)(CCC)CCC)[Si](CCC)(CCC)CCC. The van der Waals surface area contributed by atoms with Crippen molar-refractivity contribution in [2.75, 3.05) is 0 Å². The van der Waals surface area contributed by atoms with Crippen molar-refractivity contribution < 1.29 is 0 Å². The first-order valence-corrected chi connectivity index (χ1v) is 50.1. The van der Waals surface area contributed by atoms with Crippen molar-refractivity contribution in [2.45, 2.75) is 349 Å². The summed E-state index contributed by atoms with van der Waals surface area (Å²) in [4.78, 5) is 0. The number of hydrogen-bond donors (Lipinski definition) is 0. The molecule has 0 aliphatic rings. The molecule has 0 saturated carbocycles. The van der Waals surface area contributed by atoms with Crippen molar-refractivity contribution in [3.05, 3.63) is 0 Å². The van der Waals surface area contributed by atoms with Crippen LogP contribution in [0.25, 0.3) is 0 Å². The zero-order valence-corrected chi connectivity index (χ0v) is 57.7. The molecule has 0 fully saturated rings. The Morgan fingerprint density at radius 3 is 0.312 bits per heavy atom. The Morgan fingerprint density at radius 2 is 0.250 bits per heavy atom. The Kier molecular flexibility index (Phi) is 37.2. The van der Waals surface area contributed by atoms with Crippen LogP contribution in [0.3, 0.4) is 0 Å². The van der Waals surface area contributed by atoms with Crippen LogP contribution in [0.15, 0.2) is 0 Å². The average Bonchev–Trinajstić information content (AvgIpc) is 3.23. The van der Waals surface area contributed by atoms with Gasteiger partial charge < -0.3 is 0 Å².